The van der Waals surface area contributed by atoms with Crippen LogP contribution >= 0.6 is 24.8 Å². The Labute approximate surface area is 179 Å². The summed E-state index contributed by atoms with van der Waals surface area (Å²) in [6.45, 7) is 3.65. The van der Waals surface area contributed by atoms with Gasteiger partial charge in [0.2, 0.25) is 5.91 Å². The van der Waals surface area contributed by atoms with E-state index in [2.05, 4.69) is 27.0 Å². The Kier molecular flexibility index (Phi) is 10.8. The van der Waals surface area contributed by atoms with Crippen molar-refractivity contribution in [3.63, 3.8) is 0 Å². The first kappa shape index (κ1) is 24.1. The molecule has 0 unspecified atom stereocenters. The third-order valence-corrected chi connectivity index (χ3v) is 4.88. The maximum atomic E-state index is 13.1. The molecule has 0 spiro atoms. The molecule has 2 aromatic rings. The lowest BCUT2D eigenvalue weighted by molar-refractivity contribution is -0.136. The summed E-state index contributed by atoms with van der Waals surface area (Å²) < 4.78 is 0. The third-order valence-electron chi connectivity index (χ3n) is 4.88. The average molecular weight is 426 g/mol. The van der Waals surface area contributed by atoms with Gasteiger partial charge in [-0.2, -0.15) is 0 Å². The van der Waals surface area contributed by atoms with E-state index < -0.39 is 0 Å². The summed E-state index contributed by atoms with van der Waals surface area (Å²) in [5.74, 6) is 1.22. The van der Waals surface area contributed by atoms with Crippen LogP contribution < -0.4 is 10.6 Å². The lowest BCUT2D eigenvalue weighted by Crippen LogP contribution is -2.43. The summed E-state index contributed by atoms with van der Waals surface area (Å²) >= 11 is 0. The molecule has 0 bridgehead atoms. The fraction of sp³-hybridized carbons (Fsp3) is 0.450. The van der Waals surface area contributed by atoms with Gasteiger partial charge in [0.1, 0.15) is 5.82 Å². The highest BCUT2D eigenvalue weighted by molar-refractivity contribution is 5.85. The van der Waals surface area contributed by atoms with Gasteiger partial charge in [0.25, 0.3) is 0 Å². The maximum absolute atomic E-state index is 13.1. The zero-order valence-electron chi connectivity index (χ0n) is 15.9. The van der Waals surface area contributed by atoms with E-state index in [-0.39, 0.29) is 36.6 Å². The molecule has 2 heterocycles. The van der Waals surface area contributed by atoms with Gasteiger partial charge in [-0.25, -0.2) is 4.98 Å². The predicted octanol–water partition coefficient (Wildman–Crippen LogP) is 2.91. The van der Waals surface area contributed by atoms with Crippen LogP contribution in [0.15, 0.2) is 48.9 Å². The Hall–Kier alpha value is -1.89. The van der Waals surface area contributed by atoms with E-state index >= 15 is 0 Å². The van der Waals surface area contributed by atoms with Crippen LogP contribution in [0.1, 0.15) is 24.8 Å². The smallest absolute Gasteiger partial charge is 0.226 e. The normalized spacial score (nSPS) is 14.0. The number of nitrogens with zero attached hydrogens (tertiary/aromatic N) is 4. The first-order valence-corrected chi connectivity index (χ1v) is 9.31. The Balaban J connectivity index is 0.00000196. The molecule has 6 nitrogen and oxygen atoms in total. The van der Waals surface area contributed by atoms with Gasteiger partial charge in [0, 0.05) is 44.5 Å². The van der Waals surface area contributed by atoms with Crippen LogP contribution in [0.4, 0.5) is 5.82 Å². The molecule has 3 rings (SSSR count). The molecule has 1 aromatic heterocycles. The van der Waals surface area contributed by atoms with Crippen molar-refractivity contribution in [3.05, 3.63) is 54.5 Å². The number of halogens is 2. The van der Waals surface area contributed by atoms with E-state index in [1.54, 1.807) is 18.6 Å². The van der Waals surface area contributed by atoms with E-state index in [1.807, 2.05) is 23.1 Å². The highest BCUT2D eigenvalue weighted by atomic mass is 35.5. The third kappa shape index (κ3) is 6.62. The first-order valence-electron chi connectivity index (χ1n) is 9.31. The maximum Gasteiger partial charge on any atom is 0.226 e. The van der Waals surface area contributed by atoms with Crippen molar-refractivity contribution in [1.29, 1.82) is 0 Å². The van der Waals surface area contributed by atoms with Crippen LogP contribution in [0.2, 0.25) is 0 Å². The van der Waals surface area contributed by atoms with Crippen molar-refractivity contribution < 1.29 is 4.79 Å². The number of hydrogen-bond donors (Lipinski definition) is 1. The molecular weight excluding hydrogens is 397 g/mol. The molecule has 1 aromatic carbocycles. The number of carbonyl (C=O) groups excluding carboxylic acids is 1. The molecule has 1 aliphatic rings. The van der Waals surface area contributed by atoms with Crippen molar-refractivity contribution in [2.24, 2.45) is 11.7 Å². The van der Waals surface area contributed by atoms with Gasteiger partial charge in [-0.3, -0.25) is 9.78 Å². The molecule has 154 valence electrons. The molecule has 2 N–H and O–H groups in total. The Bertz CT molecular complexity index is 682. The number of carbonyl (C=O) groups is 1. The van der Waals surface area contributed by atoms with E-state index in [9.17, 15) is 4.79 Å². The summed E-state index contributed by atoms with van der Waals surface area (Å²) in [6, 6.07) is 10.2. The SMILES string of the molecule is Cl.Cl.NCCCN(Cc1ccccc1)C(=O)C1CCN(c2cnccn2)CC1. The average Bonchev–Trinajstić information content (AvgIpc) is 2.72. The number of amides is 1. The minimum atomic E-state index is 0. The highest BCUT2D eigenvalue weighted by Gasteiger charge is 2.29. The van der Waals surface area contributed by atoms with E-state index in [0.29, 0.717) is 19.6 Å². The first-order chi connectivity index (χ1) is 12.8. The van der Waals surface area contributed by atoms with Gasteiger partial charge in [-0.05, 0) is 31.4 Å². The monoisotopic (exact) mass is 425 g/mol. The topological polar surface area (TPSA) is 75.3 Å². The van der Waals surface area contributed by atoms with Crippen molar-refractivity contribution in [2.45, 2.75) is 25.8 Å². The Morgan fingerprint density at radius 1 is 1.14 bits per heavy atom. The second-order valence-electron chi connectivity index (χ2n) is 6.71. The quantitative estimate of drug-likeness (QED) is 0.737. The molecule has 1 aliphatic heterocycles. The Morgan fingerprint density at radius 3 is 2.46 bits per heavy atom. The van der Waals surface area contributed by atoms with Gasteiger partial charge in [0.05, 0.1) is 6.20 Å². The second-order valence-corrected chi connectivity index (χ2v) is 6.71. The number of benzene rings is 1. The summed E-state index contributed by atoms with van der Waals surface area (Å²) in [7, 11) is 0. The van der Waals surface area contributed by atoms with E-state index in [4.69, 9.17) is 5.73 Å². The highest BCUT2D eigenvalue weighted by Crippen LogP contribution is 2.23. The van der Waals surface area contributed by atoms with Crippen LogP contribution in [0.5, 0.6) is 0 Å². The van der Waals surface area contributed by atoms with Crippen molar-refractivity contribution >= 4 is 36.5 Å². The van der Waals surface area contributed by atoms with E-state index in [1.165, 1.54) is 0 Å². The van der Waals surface area contributed by atoms with Crippen molar-refractivity contribution in [2.75, 3.05) is 31.1 Å². The number of anilines is 1. The number of rotatable bonds is 7. The molecule has 8 heteroatoms. The van der Waals surface area contributed by atoms with Gasteiger partial charge in [-0.1, -0.05) is 30.3 Å². The molecule has 28 heavy (non-hydrogen) atoms. The minimum Gasteiger partial charge on any atom is -0.355 e. The second kappa shape index (κ2) is 12.5. The fourth-order valence-electron chi connectivity index (χ4n) is 3.42. The van der Waals surface area contributed by atoms with Crippen LogP contribution in [0, 0.1) is 5.92 Å². The lowest BCUT2D eigenvalue weighted by Gasteiger charge is -2.34. The molecule has 1 amide bonds. The summed E-state index contributed by atoms with van der Waals surface area (Å²) in [5, 5.41) is 0. The predicted molar refractivity (Wildman–Crippen MR) is 117 cm³/mol. The van der Waals surface area contributed by atoms with E-state index in [0.717, 1.165) is 43.7 Å². The number of nitrogens with two attached hydrogens (primary N) is 1. The number of piperidine rings is 1. The Morgan fingerprint density at radius 2 is 1.86 bits per heavy atom. The standard InChI is InChI=1S/C20H27N5O.2ClH/c21-9-4-12-25(16-17-5-2-1-3-6-17)20(26)18-7-13-24(14-8-18)19-15-22-10-11-23-19;;/h1-3,5-6,10-11,15,18H,4,7-9,12-14,16,21H2;2*1H. The van der Waals surface area contributed by atoms with Crippen LogP contribution in [0.25, 0.3) is 0 Å². The molecule has 0 aliphatic carbocycles. The fourth-order valence-corrected chi connectivity index (χ4v) is 3.42. The van der Waals surface area contributed by atoms with Crippen molar-refractivity contribution in [1.82, 2.24) is 14.9 Å². The van der Waals surface area contributed by atoms with Crippen LogP contribution in [-0.2, 0) is 11.3 Å². The van der Waals surface area contributed by atoms with Gasteiger partial charge >= 0.3 is 0 Å². The zero-order chi connectivity index (χ0) is 18.2. The van der Waals surface area contributed by atoms with Gasteiger partial charge in [-0.15, -0.1) is 24.8 Å². The zero-order valence-corrected chi connectivity index (χ0v) is 17.6. The largest absolute Gasteiger partial charge is 0.355 e. The molecule has 1 fully saturated rings. The van der Waals surface area contributed by atoms with Crippen molar-refractivity contribution in [3.8, 4) is 0 Å². The minimum absolute atomic E-state index is 0. The molecule has 0 radical (unpaired) electrons. The molecule has 0 saturated carbocycles. The molecular formula is C20H29Cl2N5O. The summed E-state index contributed by atoms with van der Waals surface area (Å²) in [4.78, 5) is 25.8. The van der Waals surface area contributed by atoms with Gasteiger partial charge in [0.15, 0.2) is 0 Å². The summed E-state index contributed by atoms with van der Waals surface area (Å²) in [6.07, 6.45) is 7.70. The molecule has 0 atom stereocenters. The van der Waals surface area contributed by atoms with Crippen LogP contribution in [0.3, 0.4) is 0 Å². The molecule has 1 saturated heterocycles. The lowest BCUT2D eigenvalue weighted by atomic mass is 9.95. The number of hydrogen-bond acceptors (Lipinski definition) is 5. The summed E-state index contributed by atoms with van der Waals surface area (Å²) in [5.41, 5.74) is 6.84. The number of aromatic nitrogens is 2. The van der Waals surface area contributed by atoms with Crippen LogP contribution in [-0.4, -0.2) is 47.0 Å². The van der Waals surface area contributed by atoms with Gasteiger partial charge < -0.3 is 15.5 Å².